The third-order valence-electron chi connectivity index (χ3n) is 1.91. The van der Waals surface area contributed by atoms with Crippen LogP contribution in [0.3, 0.4) is 0 Å². The maximum atomic E-state index is 11.1. The van der Waals surface area contributed by atoms with Gasteiger partial charge in [-0.15, -0.1) is 12.6 Å². The fraction of sp³-hybridized carbons (Fsp3) is 0.889. The number of thiol groups is 1. The van der Waals surface area contributed by atoms with Crippen LogP contribution >= 0.6 is 24.8 Å². The van der Waals surface area contributed by atoms with Gasteiger partial charge in [0, 0.05) is 0 Å². The molecule has 0 aromatic heterocycles. The Morgan fingerprint density at radius 2 is 1.88 bits per heavy atom. The summed E-state index contributed by atoms with van der Waals surface area (Å²) in [7, 11) is 3.14. The Labute approximate surface area is 109 Å². The molecular formula is C9H20N2O2S3. The zero-order valence-corrected chi connectivity index (χ0v) is 12.7. The first-order valence-electron chi connectivity index (χ1n) is 4.89. The molecule has 0 bridgehead atoms. The second kappa shape index (κ2) is 6.18. The van der Waals surface area contributed by atoms with E-state index in [1.165, 1.54) is 0 Å². The van der Waals surface area contributed by atoms with Gasteiger partial charge in [-0.25, -0.2) is 8.42 Å². The maximum absolute atomic E-state index is 11.1. The Hall–Kier alpha value is 0.150. The van der Waals surface area contributed by atoms with E-state index in [4.69, 9.17) is 12.2 Å². The van der Waals surface area contributed by atoms with Gasteiger partial charge in [-0.1, -0.05) is 12.2 Å². The van der Waals surface area contributed by atoms with Crippen LogP contribution in [0.1, 0.15) is 13.3 Å². The number of nitrogens with one attached hydrogen (secondary N) is 1. The molecule has 0 aromatic rings. The lowest BCUT2D eigenvalue weighted by Crippen LogP contribution is -2.44. The van der Waals surface area contributed by atoms with Crippen LogP contribution in [0.4, 0.5) is 0 Å². The van der Waals surface area contributed by atoms with Crippen molar-refractivity contribution < 1.29 is 8.42 Å². The zero-order chi connectivity index (χ0) is 13.0. The van der Waals surface area contributed by atoms with Crippen LogP contribution in [0.25, 0.3) is 0 Å². The molecule has 1 aliphatic heterocycles. The topological polar surface area (TPSA) is 49.4 Å². The van der Waals surface area contributed by atoms with Crippen molar-refractivity contribution >= 4 is 39.0 Å². The molecule has 1 rings (SSSR count). The molecule has 16 heavy (non-hydrogen) atoms. The SMILES string of the molecule is CC1(NC(=S)S)CCS(=O)(=O)C1.CN(C)C. The van der Waals surface area contributed by atoms with Crippen molar-refractivity contribution in [1.29, 1.82) is 0 Å². The van der Waals surface area contributed by atoms with Gasteiger partial charge in [0.05, 0.1) is 17.0 Å². The molecule has 4 nitrogen and oxygen atoms in total. The molecule has 0 saturated carbocycles. The summed E-state index contributed by atoms with van der Waals surface area (Å²) in [6, 6.07) is 0. The Bertz CT molecular complexity index is 338. The van der Waals surface area contributed by atoms with Crippen LogP contribution in [0.5, 0.6) is 0 Å². The second-order valence-corrected chi connectivity index (χ2v) is 8.02. The number of hydrogen-bond acceptors (Lipinski definition) is 4. The highest BCUT2D eigenvalue weighted by atomic mass is 32.2. The number of nitrogens with zero attached hydrogens (tertiary/aromatic N) is 1. The molecule has 1 saturated heterocycles. The maximum Gasteiger partial charge on any atom is 0.152 e. The molecule has 1 unspecified atom stereocenters. The first kappa shape index (κ1) is 16.1. The van der Waals surface area contributed by atoms with Crippen molar-refractivity contribution in [3.63, 3.8) is 0 Å². The fourth-order valence-corrected chi connectivity index (χ4v) is 3.98. The average molecular weight is 284 g/mol. The van der Waals surface area contributed by atoms with Crippen molar-refractivity contribution in [2.24, 2.45) is 0 Å². The molecule has 1 fully saturated rings. The summed E-state index contributed by atoms with van der Waals surface area (Å²) in [5.41, 5.74) is -0.405. The minimum atomic E-state index is -2.86. The van der Waals surface area contributed by atoms with Crippen LogP contribution in [-0.2, 0) is 9.84 Å². The number of sulfone groups is 1. The fourth-order valence-electron chi connectivity index (χ4n) is 1.37. The first-order valence-corrected chi connectivity index (χ1v) is 7.56. The van der Waals surface area contributed by atoms with Crippen molar-refractivity contribution in [2.45, 2.75) is 18.9 Å². The first-order chi connectivity index (χ1) is 7.06. The quantitative estimate of drug-likeness (QED) is 0.544. The number of hydrogen-bond donors (Lipinski definition) is 2. The summed E-state index contributed by atoms with van der Waals surface area (Å²) in [6.45, 7) is 1.85. The highest BCUT2D eigenvalue weighted by Gasteiger charge is 2.38. The smallest absolute Gasteiger partial charge is 0.152 e. The molecule has 0 radical (unpaired) electrons. The predicted octanol–water partition coefficient (Wildman–Crippen LogP) is 0.546. The minimum absolute atomic E-state index is 0.153. The lowest BCUT2D eigenvalue weighted by molar-refractivity contribution is 0.478. The van der Waals surface area contributed by atoms with E-state index in [1.54, 1.807) is 0 Å². The third-order valence-corrected chi connectivity index (χ3v) is 4.03. The lowest BCUT2D eigenvalue weighted by Gasteiger charge is -2.23. The summed E-state index contributed by atoms with van der Waals surface area (Å²) in [5, 5.41) is 2.89. The summed E-state index contributed by atoms with van der Waals surface area (Å²) in [5.74, 6) is 0.396. The largest absolute Gasteiger partial charge is 0.365 e. The highest BCUT2D eigenvalue weighted by molar-refractivity contribution is 8.11. The summed E-state index contributed by atoms with van der Waals surface area (Å²) in [6.07, 6.45) is 0.607. The van der Waals surface area contributed by atoms with Gasteiger partial charge < -0.3 is 10.2 Å². The van der Waals surface area contributed by atoms with Gasteiger partial charge >= 0.3 is 0 Å². The van der Waals surface area contributed by atoms with E-state index >= 15 is 0 Å². The lowest BCUT2D eigenvalue weighted by atomic mass is 10.0. The van der Waals surface area contributed by atoms with E-state index in [9.17, 15) is 8.42 Å². The highest BCUT2D eigenvalue weighted by Crippen LogP contribution is 2.22. The normalized spacial score (nSPS) is 27.1. The Morgan fingerprint density at radius 3 is 2.12 bits per heavy atom. The standard InChI is InChI=1S/C6H11NO2S3.C3H9N/c1-6(7-5(10)11)2-3-12(8,9)4-6;1-4(2)3/h2-4H2,1H3,(H2,7,10,11);1-3H3. The number of rotatable bonds is 1. The molecule has 1 aliphatic rings. The van der Waals surface area contributed by atoms with Gasteiger partial charge in [-0.05, 0) is 34.5 Å². The van der Waals surface area contributed by atoms with Crippen LogP contribution in [0, 0.1) is 0 Å². The van der Waals surface area contributed by atoms with Gasteiger partial charge in [0.1, 0.15) is 4.32 Å². The molecule has 96 valence electrons. The van der Waals surface area contributed by atoms with Gasteiger partial charge in [-0.3, -0.25) is 0 Å². The van der Waals surface area contributed by atoms with E-state index in [2.05, 4.69) is 17.9 Å². The summed E-state index contributed by atoms with van der Waals surface area (Å²) < 4.78 is 22.6. The van der Waals surface area contributed by atoms with E-state index in [0.29, 0.717) is 10.7 Å². The van der Waals surface area contributed by atoms with Crippen molar-refractivity contribution in [2.75, 3.05) is 32.6 Å². The van der Waals surface area contributed by atoms with E-state index in [1.807, 2.05) is 33.0 Å². The Morgan fingerprint density at radius 1 is 1.44 bits per heavy atom. The van der Waals surface area contributed by atoms with Crippen molar-refractivity contribution in [3.8, 4) is 0 Å². The van der Waals surface area contributed by atoms with Crippen LogP contribution in [-0.4, -0.2) is 55.8 Å². The van der Waals surface area contributed by atoms with Crippen LogP contribution in [0.2, 0.25) is 0 Å². The van der Waals surface area contributed by atoms with Crippen molar-refractivity contribution in [3.05, 3.63) is 0 Å². The molecule has 0 aliphatic carbocycles. The van der Waals surface area contributed by atoms with Gasteiger partial charge in [0.25, 0.3) is 0 Å². The van der Waals surface area contributed by atoms with E-state index in [0.717, 1.165) is 0 Å². The van der Waals surface area contributed by atoms with Gasteiger partial charge in [0.2, 0.25) is 0 Å². The van der Waals surface area contributed by atoms with Gasteiger partial charge in [-0.2, -0.15) is 0 Å². The predicted molar refractivity (Wildman–Crippen MR) is 76.0 cm³/mol. The summed E-state index contributed by atoms with van der Waals surface area (Å²) in [4.78, 5) is 2.00. The van der Waals surface area contributed by atoms with Crippen molar-refractivity contribution in [1.82, 2.24) is 10.2 Å². The molecule has 1 heterocycles. The Kier molecular flexibility index (Phi) is 6.24. The molecule has 0 aromatic carbocycles. The van der Waals surface area contributed by atoms with Crippen LogP contribution < -0.4 is 5.32 Å². The zero-order valence-electron chi connectivity index (χ0n) is 10.1. The third kappa shape index (κ3) is 7.43. The molecule has 0 amide bonds. The molecule has 7 heteroatoms. The number of thiocarbonyl (C=S) groups is 1. The van der Waals surface area contributed by atoms with Gasteiger partial charge in [0.15, 0.2) is 9.84 Å². The average Bonchev–Trinajstić information content (AvgIpc) is 2.21. The summed E-state index contributed by atoms with van der Waals surface area (Å²) >= 11 is 8.65. The minimum Gasteiger partial charge on any atom is -0.365 e. The second-order valence-electron chi connectivity index (χ2n) is 4.67. The monoisotopic (exact) mass is 284 g/mol. The van der Waals surface area contributed by atoms with Crippen LogP contribution in [0.15, 0.2) is 0 Å². The molecule has 1 N–H and O–H groups in total. The molecular weight excluding hydrogens is 264 g/mol. The molecule has 1 atom stereocenters. The van der Waals surface area contributed by atoms with E-state index in [-0.39, 0.29) is 11.5 Å². The Balaban J connectivity index is 0.000000487. The molecule has 0 spiro atoms. The van der Waals surface area contributed by atoms with E-state index < -0.39 is 15.4 Å².